The van der Waals surface area contributed by atoms with Crippen LogP contribution in [0.2, 0.25) is 0 Å². The van der Waals surface area contributed by atoms with Crippen LogP contribution in [-0.4, -0.2) is 7.05 Å². The van der Waals surface area contributed by atoms with Gasteiger partial charge in [-0.05, 0) is 102 Å². The zero-order chi connectivity index (χ0) is 29.9. The molecule has 2 nitrogen and oxygen atoms in total. The monoisotopic (exact) mass is 568 g/mol. The summed E-state index contributed by atoms with van der Waals surface area (Å²) in [7, 11) is 2.12. The highest BCUT2D eigenvalue weighted by Crippen LogP contribution is 2.40. The largest absolute Gasteiger partial charge is 0.345 e. The molecule has 0 aromatic heterocycles. The van der Waals surface area contributed by atoms with Crippen molar-refractivity contribution in [1.82, 2.24) is 0 Å². The van der Waals surface area contributed by atoms with Crippen LogP contribution in [0.5, 0.6) is 0 Å². The molecule has 0 aliphatic heterocycles. The molecule has 214 valence electrons. The Kier molecular flexibility index (Phi) is 7.56. The molecule has 0 saturated carbocycles. The van der Waals surface area contributed by atoms with Gasteiger partial charge in [-0.3, -0.25) is 0 Å². The molecule has 2 heteroatoms. The first-order chi connectivity index (χ1) is 21.6. The summed E-state index contributed by atoms with van der Waals surface area (Å²) in [6, 6.07) is 50.6. The average Bonchev–Trinajstić information content (AvgIpc) is 3.09. The van der Waals surface area contributed by atoms with Crippen molar-refractivity contribution in [2.75, 3.05) is 16.8 Å². The van der Waals surface area contributed by atoms with E-state index in [0.29, 0.717) is 0 Å². The van der Waals surface area contributed by atoms with Crippen molar-refractivity contribution in [1.29, 1.82) is 0 Å². The third-order valence-electron chi connectivity index (χ3n) is 8.57. The van der Waals surface area contributed by atoms with Gasteiger partial charge in [0, 0.05) is 35.2 Å². The lowest BCUT2D eigenvalue weighted by Gasteiger charge is -2.27. The average molecular weight is 569 g/mol. The number of hydrogen-bond acceptors (Lipinski definition) is 2. The molecule has 0 bridgehead atoms. The molecule has 1 aliphatic carbocycles. The van der Waals surface area contributed by atoms with Crippen molar-refractivity contribution in [3.05, 3.63) is 169 Å². The van der Waals surface area contributed by atoms with Crippen molar-refractivity contribution in [3.8, 4) is 11.1 Å². The van der Waals surface area contributed by atoms with Gasteiger partial charge in [0.15, 0.2) is 0 Å². The quantitative estimate of drug-likeness (QED) is 0.189. The van der Waals surface area contributed by atoms with Crippen molar-refractivity contribution in [2.24, 2.45) is 0 Å². The second-order valence-corrected chi connectivity index (χ2v) is 11.5. The molecule has 6 aromatic rings. The second-order valence-electron chi connectivity index (χ2n) is 11.5. The van der Waals surface area contributed by atoms with Crippen LogP contribution in [0.15, 0.2) is 158 Å². The summed E-state index contributed by atoms with van der Waals surface area (Å²) >= 11 is 0. The third kappa shape index (κ3) is 5.55. The minimum atomic E-state index is 1.09. The Labute approximate surface area is 260 Å². The van der Waals surface area contributed by atoms with Crippen LogP contribution in [0.3, 0.4) is 0 Å². The van der Waals surface area contributed by atoms with E-state index in [1.807, 2.05) is 0 Å². The number of anilines is 5. The van der Waals surface area contributed by atoms with E-state index in [1.54, 1.807) is 0 Å². The maximum atomic E-state index is 2.39. The zero-order valence-electron chi connectivity index (χ0n) is 25.3. The first kappa shape index (κ1) is 27.5. The molecule has 0 radical (unpaired) electrons. The molecule has 0 amide bonds. The molecule has 0 saturated heterocycles. The molecule has 0 spiro atoms. The van der Waals surface area contributed by atoms with Crippen LogP contribution >= 0.6 is 0 Å². The lowest BCUT2D eigenvalue weighted by atomic mass is 9.98. The Balaban J connectivity index is 1.24. The Hall–Kier alpha value is -5.34. The van der Waals surface area contributed by atoms with Crippen molar-refractivity contribution < 1.29 is 0 Å². The Morgan fingerprint density at radius 3 is 1.86 bits per heavy atom. The highest BCUT2D eigenvalue weighted by Gasteiger charge is 2.16. The standard InChI is InChI=1S/C42H36N2/c1-31-18-24-37(25-19-31)43(2)38-26-20-33(21-27-38)34-22-28-39(29-23-34)44(42-17-9-13-35-12-6-7-16-41(35)42)40-15-8-14-36(30-40)32-10-4-3-5-11-32/h4,6-30H,3,5H2,1-2H3. The summed E-state index contributed by atoms with van der Waals surface area (Å²) in [6.07, 6.45) is 9.08. The summed E-state index contributed by atoms with van der Waals surface area (Å²) in [5, 5.41) is 2.46. The van der Waals surface area contributed by atoms with Gasteiger partial charge in [0.1, 0.15) is 0 Å². The Bertz CT molecular complexity index is 1960. The van der Waals surface area contributed by atoms with Crippen molar-refractivity contribution in [3.63, 3.8) is 0 Å². The van der Waals surface area contributed by atoms with E-state index < -0.39 is 0 Å². The number of allylic oxidation sites excluding steroid dienone is 4. The number of aryl methyl sites for hydroxylation is 1. The van der Waals surface area contributed by atoms with E-state index in [9.17, 15) is 0 Å². The molecular weight excluding hydrogens is 532 g/mol. The fourth-order valence-electron chi connectivity index (χ4n) is 6.08. The van der Waals surface area contributed by atoms with Crippen LogP contribution in [0.1, 0.15) is 24.0 Å². The SMILES string of the molecule is Cc1ccc(N(C)c2ccc(-c3ccc(N(c4cccc(C5=CCCC=C5)c4)c4cccc5ccccc45)cc3)cc2)cc1. The maximum Gasteiger partial charge on any atom is 0.0540 e. The predicted molar refractivity (Wildman–Crippen MR) is 190 cm³/mol. The topological polar surface area (TPSA) is 6.48 Å². The lowest BCUT2D eigenvalue weighted by molar-refractivity contribution is 1.04. The molecule has 0 fully saturated rings. The minimum Gasteiger partial charge on any atom is -0.345 e. The van der Waals surface area contributed by atoms with Crippen LogP contribution in [-0.2, 0) is 0 Å². The summed E-state index contributed by atoms with van der Waals surface area (Å²) in [5.41, 5.74) is 12.0. The molecule has 7 rings (SSSR count). The Morgan fingerprint density at radius 2 is 1.16 bits per heavy atom. The first-order valence-corrected chi connectivity index (χ1v) is 15.4. The van der Waals surface area contributed by atoms with Gasteiger partial charge in [-0.15, -0.1) is 0 Å². The lowest BCUT2D eigenvalue weighted by Crippen LogP contribution is -2.10. The van der Waals surface area contributed by atoms with Crippen LogP contribution in [0, 0.1) is 6.92 Å². The second kappa shape index (κ2) is 12.1. The summed E-state index contributed by atoms with van der Waals surface area (Å²) < 4.78 is 0. The van der Waals surface area contributed by atoms with Gasteiger partial charge in [-0.2, -0.15) is 0 Å². The van der Waals surface area contributed by atoms with Gasteiger partial charge < -0.3 is 9.80 Å². The number of nitrogens with zero attached hydrogens (tertiary/aromatic N) is 2. The van der Waals surface area contributed by atoms with Gasteiger partial charge in [-0.25, -0.2) is 0 Å². The van der Waals surface area contributed by atoms with Crippen LogP contribution in [0.4, 0.5) is 28.4 Å². The molecule has 0 unspecified atom stereocenters. The van der Waals surface area contributed by atoms with E-state index >= 15 is 0 Å². The molecule has 0 atom stereocenters. The fraction of sp³-hybridized carbons (Fsp3) is 0.0952. The number of benzene rings is 6. The molecule has 6 aromatic carbocycles. The van der Waals surface area contributed by atoms with Gasteiger partial charge in [-0.1, -0.05) is 109 Å². The molecule has 0 N–H and O–H groups in total. The predicted octanol–water partition coefficient (Wildman–Crippen LogP) is 11.8. The summed E-state index contributed by atoms with van der Waals surface area (Å²) in [5.74, 6) is 0. The van der Waals surface area contributed by atoms with Gasteiger partial charge >= 0.3 is 0 Å². The summed E-state index contributed by atoms with van der Waals surface area (Å²) in [4.78, 5) is 4.62. The van der Waals surface area contributed by atoms with Gasteiger partial charge in [0.05, 0.1) is 5.69 Å². The molecule has 44 heavy (non-hydrogen) atoms. The minimum absolute atomic E-state index is 1.09. The van der Waals surface area contributed by atoms with E-state index in [4.69, 9.17) is 0 Å². The summed E-state index contributed by atoms with van der Waals surface area (Å²) in [6.45, 7) is 2.12. The third-order valence-corrected chi connectivity index (χ3v) is 8.57. The van der Waals surface area contributed by atoms with E-state index in [1.165, 1.54) is 55.7 Å². The molecule has 0 heterocycles. The highest BCUT2D eigenvalue weighted by atomic mass is 15.1. The maximum absolute atomic E-state index is 2.39. The normalized spacial score (nSPS) is 12.6. The van der Waals surface area contributed by atoms with E-state index in [-0.39, 0.29) is 0 Å². The zero-order valence-corrected chi connectivity index (χ0v) is 25.3. The van der Waals surface area contributed by atoms with Gasteiger partial charge in [0.25, 0.3) is 0 Å². The first-order valence-electron chi connectivity index (χ1n) is 15.4. The van der Waals surface area contributed by atoms with E-state index in [2.05, 4.69) is 182 Å². The number of rotatable bonds is 7. The van der Waals surface area contributed by atoms with Crippen molar-refractivity contribution in [2.45, 2.75) is 19.8 Å². The smallest absolute Gasteiger partial charge is 0.0540 e. The fourth-order valence-corrected chi connectivity index (χ4v) is 6.08. The van der Waals surface area contributed by atoms with Crippen molar-refractivity contribution >= 4 is 44.8 Å². The van der Waals surface area contributed by atoms with E-state index in [0.717, 1.165) is 24.2 Å². The van der Waals surface area contributed by atoms with Gasteiger partial charge in [0.2, 0.25) is 0 Å². The number of fused-ring (bicyclic) bond motifs is 1. The molecular formula is C42H36N2. The Morgan fingerprint density at radius 1 is 0.523 bits per heavy atom. The molecule has 1 aliphatic rings. The van der Waals surface area contributed by atoms with Crippen LogP contribution in [0.25, 0.3) is 27.5 Å². The van der Waals surface area contributed by atoms with Crippen LogP contribution < -0.4 is 9.80 Å². The highest BCUT2D eigenvalue weighted by molar-refractivity contribution is 5.99. The number of hydrogen-bond donors (Lipinski definition) is 0.